The molecule has 0 aromatic heterocycles. The molecule has 110 valence electrons. The van der Waals surface area contributed by atoms with Gasteiger partial charge in [0, 0.05) is 6.04 Å². The summed E-state index contributed by atoms with van der Waals surface area (Å²) >= 11 is 0. The van der Waals surface area contributed by atoms with Crippen molar-refractivity contribution in [3.63, 3.8) is 0 Å². The summed E-state index contributed by atoms with van der Waals surface area (Å²) in [6.07, 6.45) is -2.88. The van der Waals surface area contributed by atoms with Crippen LogP contribution in [0.5, 0.6) is 0 Å². The molecule has 2 rings (SSSR count). The predicted molar refractivity (Wildman–Crippen MR) is 63.8 cm³/mol. The van der Waals surface area contributed by atoms with E-state index in [4.69, 9.17) is 5.11 Å². The van der Waals surface area contributed by atoms with E-state index in [-0.39, 0.29) is 5.69 Å². The topological polar surface area (TPSA) is 49.3 Å². The van der Waals surface area contributed by atoms with Crippen molar-refractivity contribution in [1.29, 1.82) is 0 Å². The molecule has 1 aromatic rings. The van der Waals surface area contributed by atoms with Crippen LogP contribution in [0.3, 0.4) is 0 Å². The standard InChI is InChI=1S/C13H13F4NO2/c14-9-6-7(13(15,16)17)4-5-11(9)18-10-3-1-2-8(10)12(19)20/h4-6,8,10,18H,1-3H2,(H,19,20). The third-order valence-corrected chi connectivity index (χ3v) is 3.47. The highest BCUT2D eigenvalue weighted by Gasteiger charge is 2.34. The first-order chi connectivity index (χ1) is 9.29. The Morgan fingerprint density at radius 1 is 1.30 bits per heavy atom. The molecule has 1 aromatic carbocycles. The molecule has 0 heterocycles. The molecule has 2 unspecified atom stereocenters. The van der Waals surface area contributed by atoms with Crippen LogP contribution in [-0.4, -0.2) is 17.1 Å². The molecule has 0 aliphatic heterocycles. The van der Waals surface area contributed by atoms with Crippen molar-refractivity contribution >= 4 is 11.7 Å². The summed E-state index contributed by atoms with van der Waals surface area (Å²) in [6, 6.07) is 1.72. The summed E-state index contributed by atoms with van der Waals surface area (Å²) in [4.78, 5) is 11.0. The van der Waals surface area contributed by atoms with Gasteiger partial charge in [-0.25, -0.2) is 4.39 Å². The Morgan fingerprint density at radius 3 is 2.55 bits per heavy atom. The maximum absolute atomic E-state index is 13.7. The van der Waals surface area contributed by atoms with Gasteiger partial charge in [-0.3, -0.25) is 4.79 Å². The monoisotopic (exact) mass is 291 g/mol. The molecule has 3 nitrogen and oxygen atoms in total. The molecule has 1 fully saturated rings. The van der Waals surface area contributed by atoms with Gasteiger partial charge in [-0.05, 0) is 31.0 Å². The number of aliphatic carboxylic acids is 1. The van der Waals surface area contributed by atoms with E-state index in [0.29, 0.717) is 25.3 Å². The van der Waals surface area contributed by atoms with E-state index in [2.05, 4.69) is 5.32 Å². The first kappa shape index (κ1) is 14.6. The van der Waals surface area contributed by atoms with E-state index in [1.807, 2.05) is 0 Å². The fourth-order valence-electron chi connectivity index (χ4n) is 2.44. The van der Waals surface area contributed by atoms with Crippen molar-refractivity contribution in [3.8, 4) is 0 Å². The Bertz CT molecular complexity index is 516. The lowest BCUT2D eigenvalue weighted by atomic mass is 10.0. The van der Waals surface area contributed by atoms with Crippen molar-refractivity contribution in [2.75, 3.05) is 5.32 Å². The number of carboxylic acids is 1. The number of alkyl halides is 3. The van der Waals surface area contributed by atoms with Crippen molar-refractivity contribution in [2.45, 2.75) is 31.5 Å². The molecular weight excluding hydrogens is 278 g/mol. The molecule has 0 bridgehead atoms. The Labute approximate surface area is 112 Å². The zero-order valence-corrected chi connectivity index (χ0v) is 10.4. The Hall–Kier alpha value is -1.79. The van der Waals surface area contributed by atoms with Crippen molar-refractivity contribution in [1.82, 2.24) is 0 Å². The Balaban J connectivity index is 2.16. The number of benzene rings is 1. The number of rotatable bonds is 3. The molecule has 0 radical (unpaired) electrons. The quantitative estimate of drug-likeness (QED) is 0.838. The van der Waals surface area contributed by atoms with E-state index in [1.54, 1.807) is 0 Å². The SMILES string of the molecule is O=C(O)C1CCCC1Nc1ccc(C(F)(F)F)cc1F. The van der Waals surface area contributed by atoms with Gasteiger partial charge in [0.05, 0.1) is 17.2 Å². The number of nitrogens with one attached hydrogen (secondary N) is 1. The van der Waals surface area contributed by atoms with Gasteiger partial charge in [0.25, 0.3) is 0 Å². The molecule has 20 heavy (non-hydrogen) atoms. The zero-order valence-electron chi connectivity index (χ0n) is 10.4. The molecule has 0 amide bonds. The van der Waals surface area contributed by atoms with Crippen LogP contribution in [0.15, 0.2) is 18.2 Å². The number of halogens is 4. The second-order valence-electron chi connectivity index (χ2n) is 4.82. The van der Waals surface area contributed by atoms with E-state index in [1.165, 1.54) is 0 Å². The Morgan fingerprint density at radius 2 is 2.00 bits per heavy atom. The third kappa shape index (κ3) is 3.02. The highest BCUT2D eigenvalue weighted by molar-refractivity contribution is 5.72. The van der Waals surface area contributed by atoms with Crippen LogP contribution in [0.2, 0.25) is 0 Å². The smallest absolute Gasteiger partial charge is 0.416 e. The maximum Gasteiger partial charge on any atom is 0.416 e. The largest absolute Gasteiger partial charge is 0.481 e. The Kier molecular flexibility index (Phi) is 3.87. The molecule has 7 heteroatoms. The van der Waals surface area contributed by atoms with Crippen LogP contribution in [0, 0.1) is 11.7 Å². The van der Waals surface area contributed by atoms with Crippen LogP contribution in [0.1, 0.15) is 24.8 Å². The summed E-state index contributed by atoms with van der Waals surface area (Å²) in [5.74, 6) is -2.65. The number of carbonyl (C=O) groups is 1. The van der Waals surface area contributed by atoms with Gasteiger partial charge >= 0.3 is 12.1 Å². The van der Waals surface area contributed by atoms with Crippen molar-refractivity contribution in [3.05, 3.63) is 29.6 Å². The molecule has 1 saturated carbocycles. The van der Waals surface area contributed by atoms with Crippen molar-refractivity contribution < 1.29 is 27.5 Å². The summed E-state index contributed by atoms with van der Waals surface area (Å²) in [7, 11) is 0. The van der Waals surface area contributed by atoms with Gasteiger partial charge in [0.1, 0.15) is 5.82 Å². The third-order valence-electron chi connectivity index (χ3n) is 3.47. The van der Waals surface area contributed by atoms with Gasteiger partial charge in [-0.15, -0.1) is 0 Å². The van der Waals surface area contributed by atoms with Gasteiger partial charge < -0.3 is 10.4 Å². The summed E-state index contributed by atoms with van der Waals surface area (Å²) < 4.78 is 50.9. The highest BCUT2D eigenvalue weighted by atomic mass is 19.4. The van der Waals surface area contributed by atoms with E-state index >= 15 is 0 Å². The van der Waals surface area contributed by atoms with Gasteiger partial charge in [-0.1, -0.05) is 6.42 Å². The second-order valence-corrected chi connectivity index (χ2v) is 4.82. The molecule has 2 N–H and O–H groups in total. The maximum atomic E-state index is 13.7. The predicted octanol–water partition coefficient (Wildman–Crippen LogP) is 3.51. The molecule has 1 aliphatic rings. The summed E-state index contributed by atoms with van der Waals surface area (Å²) in [5.41, 5.74) is -1.17. The second kappa shape index (κ2) is 5.30. The average molecular weight is 291 g/mol. The van der Waals surface area contributed by atoms with E-state index in [0.717, 1.165) is 12.1 Å². The molecule has 2 atom stereocenters. The highest BCUT2D eigenvalue weighted by Crippen LogP contribution is 2.33. The van der Waals surface area contributed by atoms with Gasteiger partial charge in [0.2, 0.25) is 0 Å². The molecule has 0 spiro atoms. The van der Waals surface area contributed by atoms with Crippen molar-refractivity contribution in [2.24, 2.45) is 5.92 Å². The normalized spacial score (nSPS) is 22.8. The van der Waals surface area contributed by atoms with Crippen LogP contribution < -0.4 is 5.32 Å². The zero-order chi connectivity index (χ0) is 14.9. The number of hydrogen-bond acceptors (Lipinski definition) is 2. The molecule has 1 aliphatic carbocycles. The first-order valence-corrected chi connectivity index (χ1v) is 6.15. The lowest BCUT2D eigenvalue weighted by Crippen LogP contribution is -2.30. The number of hydrogen-bond donors (Lipinski definition) is 2. The van der Waals surface area contributed by atoms with Gasteiger partial charge in [0.15, 0.2) is 0 Å². The van der Waals surface area contributed by atoms with Crippen LogP contribution in [-0.2, 0) is 11.0 Å². The number of anilines is 1. The number of carboxylic acid groups (broad SMARTS) is 1. The lowest BCUT2D eigenvalue weighted by Gasteiger charge is -2.19. The molecule has 0 saturated heterocycles. The fraction of sp³-hybridized carbons (Fsp3) is 0.462. The molecular formula is C13H13F4NO2. The van der Waals surface area contributed by atoms with E-state index < -0.39 is 35.5 Å². The average Bonchev–Trinajstić information content (AvgIpc) is 2.78. The van der Waals surface area contributed by atoms with Gasteiger partial charge in [-0.2, -0.15) is 13.2 Å². The minimum absolute atomic E-state index is 0.101. The van der Waals surface area contributed by atoms with E-state index in [9.17, 15) is 22.4 Å². The summed E-state index contributed by atoms with van der Waals surface area (Å²) in [5, 5.41) is 11.7. The van der Waals surface area contributed by atoms with Crippen LogP contribution in [0.4, 0.5) is 23.2 Å². The minimum atomic E-state index is -4.60. The lowest BCUT2D eigenvalue weighted by molar-refractivity contribution is -0.141. The van der Waals surface area contributed by atoms with Crippen LogP contribution >= 0.6 is 0 Å². The van der Waals surface area contributed by atoms with Crippen LogP contribution in [0.25, 0.3) is 0 Å². The fourth-order valence-corrected chi connectivity index (χ4v) is 2.44. The first-order valence-electron chi connectivity index (χ1n) is 6.15. The summed E-state index contributed by atoms with van der Waals surface area (Å²) in [6.45, 7) is 0. The minimum Gasteiger partial charge on any atom is -0.481 e.